The summed E-state index contributed by atoms with van der Waals surface area (Å²) in [6.07, 6.45) is 11.5. The molecule has 2 heterocycles. The van der Waals surface area contributed by atoms with Crippen LogP contribution >= 0.6 is 0 Å². The van der Waals surface area contributed by atoms with Crippen LogP contribution < -0.4 is 9.62 Å². The summed E-state index contributed by atoms with van der Waals surface area (Å²) in [6.45, 7) is 1.23. The Kier molecular flexibility index (Phi) is 6.65. The fraction of sp³-hybridized carbons (Fsp3) is 0.545. The van der Waals surface area contributed by atoms with E-state index < -0.39 is 10.0 Å². The second-order valence-electron chi connectivity index (χ2n) is 8.36. The molecule has 1 aliphatic heterocycles. The monoisotopic (exact) mass is 430 g/mol. The number of ether oxygens (including phenoxy) is 1. The zero-order chi connectivity index (χ0) is 21.0. The molecule has 1 aromatic heterocycles. The van der Waals surface area contributed by atoms with E-state index in [2.05, 4.69) is 49.9 Å². The average molecular weight is 431 g/mol. The molecular weight excluding hydrogens is 400 g/mol. The molecule has 2 aliphatic rings. The van der Waals surface area contributed by atoms with Crippen molar-refractivity contribution in [2.45, 2.75) is 56.2 Å². The molecule has 8 heteroatoms. The number of hydrogen-bond acceptors (Lipinski definition) is 6. The Morgan fingerprint density at radius 3 is 2.43 bits per heavy atom. The lowest BCUT2D eigenvalue weighted by molar-refractivity contribution is 0.0157. The van der Waals surface area contributed by atoms with Crippen molar-refractivity contribution in [2.24, 2.45) is 0 Å². The van der Waals surface area contributed by atoms with Gasteiger partial charge in [-0.3, -0.25) is 0 Å². The first-order valence-electron chi connectivity index (χ1n) is 10.6. The molecule has 162 valence electrons. The Balaban J connectivity index is 1.37. The summed E-state index contributed by atoms with van der Waals surface area (Å²) < 4.78 is 32.8. The third-order valence-electron chi connectivity index (χ3n) is 6.24. The molecule has 1 aliphatic carbocycles. The van der Waals surface area contributed by atoms with Crippen molar-refractivity contribution in [1.29, 1.82) is 0 Å². The van der Waals surface area contributed by atoms with Crippen LogP contribution in [0.2, 0.25) is 0 Å². The van der Waals surface area contributed by atoms with Gasteiger partial charge in [-0.25, -0.2) is 23.1 Å². The SMILES string of the molecule is CS(=O)(=O)N[C@H]1CCN(c2cncnc2)[C@H]1CO[C@H]1CC[C@@H](c2ccccc2)CC1. The average Bonchev–Trinajstić information content (AvgIpc) is 3.14. The third kappa shape index (κ3) is 5.36. The molecule has 0 unspecified atom stereocenters. The number of anilines is 1. The van der Waals surface area contributed by atoms with E-state index >= 15 is 0 Å². The van der Waals surface area contributed by atoms with Crippen LogP contribution in [0.1, 0.15) is 43.6 Å². The smallest absolute Gasteiger partial charge is 0.209 e. The van der Waals surface area contributed by atoms with Crippen LogP contribution in [0.15, 0.2) is 49.1 Å². The third-order valence-corrected chi connectivity index (χ3v) is 6.97. The highest BCUT2D eigenvalue weighted by Gasteiger charge is 2.37. The van der Waals surface area contributed by atoms with Gasteiger partial charge in [-0.1, -0.05) is 30.3 Å². The standard InChI is InChI=1S/C22H30N4O3S/c1-30(27,28)25-21-11-12-26(19-13-23-16-24-14-19)22(21)15-29-20-9-7-18(8-10-20)17-5-3-2-4-6-17/h2-6,13-14,16,18,20-22,25H,7-12,15H2,1H3/t18-,20+,21-,22-/m0/s1. The Labute approximate surface area is 178 Å². The second-order valence-corrected chi connectivity index (χ2v) is 10.1. The van der Waals surface area contributed by atoms with Crippen LogP contribution in [0.3, 0.4) is 0 Å². The number of nitrogens with one attached hydrogen (secondary N) is 1. The molecule has 0 bridgehead atoms. The van der Waals surface area contributed by atoms with E-state index in [1.165, 1.54) is 18.1 Å². The van der Waals surface area contributed by atoms with Gasteiger partial charge in [-0.2, -0.15) is 0 Å². The molecular formula is C22H30N4O3S. The molecule has 0 amide bonds. The summed E-state index contributed by atoms with van der Waals surface area (Å²) in [6, 6.07) is 10.4. The van der Waals surface area contributed by atoms with Gasteiger partial charge in [0.25, 0.3) is 0 Å². The first-order valence-corrected chi connectivity index (χ1v) is 12.5. The number of benzene rings is 1. The van der Waals surface area contributed by atoms with Crippen molar-refractivity contribution in [3.63, 3.8) is 0 Å². The number of rotatable bonds is 7. The van der Waals surface area contributed by atoms with Crippen molar-refractivity contribution >= 4 is 15.7 Å². The predicted octanol–water partition coefficient (Wildman–Crippen LogP) is 2.72. The maximum atomic E-state index is 11.9. The van der Waals surface area contributed by atoms with Crippen LogP contribution in [0.5, 0.6) is 0 Å². The molecule has 0 radical (unpaired) electrons. The fourth-order valence-corrected chi connectivity index (χ4v) is 5.58. The first-order chi connectivity index (χ1) is 14.5. The molecule has 2 fully saturated rings. The highest BCUT2D eigenvalue weighted by atomic mass is 32.2. The lowest BCUT2D eigenvalue weighted by Gasteiger charge is -2.33. The van der Waals surface area contributed by atoms with Gasteiger partial charge >= 0.3 is 0 Å². The van der Waals surface area contributed by atoms with Crippen molar-refractivity contribution in [1.82, 2.24) is 14.7 Å². The quantitative estimate of drug-likeness (QED) is 0.727. The first kappa shape index (κ1) is 21.2. The molecule has 0 spiro atoms. The second kappa shape index (κ2) is 9.41. The number of sulfonamides is 1. The summed E-state index contributed by atoms with van der Waals surface area (Å²) in [7, 11) is -3.29. The molecule has 30 heavy (non-hydrogen) atoms. The van der Waals surface area contributed by atoms with Crippen molar-refractivity contribution in [2.75, 3.05) is 24.3 Å². The van der Waals surface area contributed by atoms with Gasteiger partial charge in [0.2, 0.25) is 10.0 Å². The zero-order valence-corrected chi connectivity index (χ0v) is 18.2. The van der Waals surface area contributed by atoms with E-state index in [9.17, 15) is 8.42 Å². The van der Waals surface area contributed by atoms with Crippen LogP contribution in [0.4, 0.5) is 5.69 Å². The fourth-order valence-electron chi connectivity index (χ4n) is 4.75. The summed E-state index contributed by atoms with van der Waals surface area (Å²) in [4.78, 5) is 10.4. The lowest BCUT2D eigenvalue weighted by Crippen LogP contribution is -2.48. The minimum Gasteiger partial charge on any atom is -0.376 e. The Bertz CT molecular complexity index is 902. The predicted molar refractivity (Wildman–Crippen MR) is 117 cm³/mol. The van der Waals surface area contributed by atoms with Gasteiger partial charge in [-0.15, -0.1) is 0 Å². The van der Waals surface area contributed by atoms with Crippen molar-refractivity contribution in [3.05, 3.63) is 54.6 Å². The van der Waals surface area contributed by atoms with E-state index in [1.807, 2.05) is 0 Å². The number of hydrogen-bond donors (Lipinski definition) is 1. The summed E-state index contributed by atoms with van der Waals surface area (Å²) in [5.74, 6) is 0.607. The Morgan fingerprint density at radius 1 is 1.07 bits per heavy atom. The maximum Gasteiger partial charge on any atom is 0.209 e. The van der Waals surface area contributed by atoms with E-state index in [-0.39, 0.29) is 18.2 Å². The van der Waals surface area contributed by atoms with E-state index in [0.717, 1.165) is 44.3 Å². The lowest BCUT2D eigenvalue weighted by atomic mass is 9.83. The van der Waals surface area contributed by atoms with E-state index in [1.54, 1.807) is 12.4 Å². The molecule has 1 saturated carbocycles. The molecule has 7 nitrogen and oxygen atoms in total. The van der Waals surface area contributed by atoms with Crippen molar-refractivity contribution < 1.29 is 13.2 Å². The summed E-state index contributed by atoms with van der Waals surface area (Å²) in [5, 5.41) is 0. The van der Waals surface area contributed by atoms with Crippen LogP contribution in [-0.4, -0.2) is 56.0 Å². The van der Waals surface area contributed by atoms with Gasteiger partial charge in [-0.05, 0) is 43.6 Å². The Morgan fingerprint density at radius 2 is 1.77 bits per heavy atom. The van der Waals surface area contributed by atoms with Gasteiger partial charge in [0.15, 0.2) is 0 Å². The van der Waals surface area contributed by atoms with Gasteiger partial charge < -0.3 is 9.64 Å². The van der Waals surface area contributed by atoms with Crippen LogP contribution in [-0.2, 0) is 14.8 Å². The normalized spacial score (nSPS) is 27.3. The molecule has 1 N–H and O–H groups in total. The molecule has 4 rings (SSSR count). The molecule has 2 atom stereocenters. The number of aromatic nitrogens is 2. The minimum atomic E-state index is -3.29. The topological polar surface area (TPSA) is 84.4 Å². The van der Waals surface area contributed by atoms with Crippen molar-refractivity contribution in [3.8, 4) is 0 Å². The highest BCUT2D eigenvalue weighted by Crippen LogP contribution is 2.34. The van der Waals surface area contributed by atoms with E-state index in [0.29, 0.717) is 12.5 Å². The largest absolute Gasteiger partial charge is 0.376 e. The van der Waals surface area contributed by atoms with Gasteiger partial charge in [0.1, 0.15) is 6.33 Å². The molecule has 1 saturated heterocycles. The van der Waals surface area contributed by atoms with Gasteiger partial charge in [0.05, 0.1) is 43.1 Å². The molecule has 1 aromatic carbocycles. The minimum absolute atomic E-state index is 0.0717. The van der Waals surface area contributed by atoms with E-state index in [4.69, 9.17) is 4.74 Å². The number of nitrogens with zero attached hydrogens (tertiary/aromatic N) is 3. The zero-order valence-electron chi connectivity index (χ0n) is 17.4. The van der Waals surface area contributed by atoms with Crippen LogP contribution in [0.25, 0.3) is 0 Å². The van der Waals surface area contributed by atoms with Crippen LogP contribution in [0, 0.1) is 0 Å². The Hall–Kier alpha value is -2.03. The highest BCUT2D eigenvalue weighted by molar-refractivity contribution is 7.88. The summed E-state index contributed by atoms with van der Waals surface area (Å²) in [5.41, 5.74) is 2.32. The maximum absolute atomic E-state index is 11.9. The molecule has 2 aromatic rings. The summed E-state index contributed by atoms with van der Waals surface area (Å²) >= 11 is 0. The van der Waals surface area contributed by atoms with Gasteiger partial charge in [0, 0.05) is 12.6 Å².